The van der Waals surface area contributed by atoms with Crippen LogP contribution in [0.5, 0.6) is 11.5 Å². The minimum Gasteiger partial charge on any atom is -0.493 e. The quantitative estimate of drug-likeness (QED) is 0.247. The Hall–Kier alpha value is -4.57. The maximum atomic E-state index is 13.2. The van der Waals surface area contributed by atoms with E-state index in [2.05, 4.69) is 10.6 Å². The van der Waals surface area contributed by atoms with E-state index < -0.39 is 12.1 Å². The largest absolute Gasteiger partial charge is 0.493 e. The van der Waals surface area contributed by atoms with Gasteiger partial charge in [-0.15, -0.1) is 11.3 Å². The number of benzene rings is 3. The van der Waals surface area contributed by atoms with E-state index in [9.17, 15) is 14.4 Å². The molecule has 40 heavy (non-hydrogen) atoms. The van der Waals surface area contributed by atoms with E-state index in [1.807, 2.05) is 36.4 Å². The lowest BCUT2D eigenvalue weighted by Gasteiger charge is -2.28. The van der Waals surface area contributed by atoms with Gasteiger partial charge in [0.05, 0.1) is 31.4 Å². The number of rotatable bonds is 5. The van der Waals surface area contributed by atoms with Gasteiger partial charge in [0.15, 0.2) is 11.5 Å². The summed E-state index contributed by atoms with van der Waals surface area (Å²) in [5.74, 6) is -0.0231. The monoisotopic (exact) mass is 557 g/mol. The fourth-order valence-corrected chi connectivity index (χ4v) is 6.45. The molecule has 4 aromatic rings. The number of esters is 1. The van der Waals surface area contributed by atoms with Gasteiger partial charge in [-0.25, -0.2) is 9.59 Å². The van der Waals surface area contributed by atoms with Crippen LogP contribution in [0.25, 0.3) is 10.8 Å². The van der Waals surface area contributed by atoms with Crippen LogP contribution in [0.3, 0.4) is 0 Å². The Morgan fingerprint density at radius 3 is 2.70 bits per heavy atom. The average Bonchev–Trinajstić information content (AvgIpc) is 3.35. The molecule has 0 bridgehead atoms. The Kier molecular flexibility index (Phi) is 6.77. The predicted octanol–water partition coefficient (Wildman–Crippen LogP) is 5.50. The third kappa shape index (κ3) is 4.60. The summed E-state index contributed by atoms with van der Waals surface area (Å²) in [5.41, 5.74) is 2.80. The Morgan fingerprint density at radius 1 is 1.05 bits per heavy atom. The third-order valence-corrected chi connectivity index (χ3v) is 8.24. The van der Waals surface area contributed by atoms with Crippen LogP contribution in [0.15, 0.2) is 60.7 Å². The second-order valence-corrected chi connectivity index (χ2v) is 10.6. The number of hydrogen-bond donors (Lipinski definition) is 2. The highest BCUT2D eigenvalue weighted by Crippen LogP contribution is 2.41. The lowest BCUT2D eigenvalue weighted by molar-refractivity contribution is 0.0731. The average molecular weight is 558 g/mol. The standard InChI is InChI=1S/C30H27N3O6S/c1-3-38-30(36)33-14-13-21-24(16-33)40-28-25(21)27(34)31-26(32-28)18-11-12-22(23(15-18)37-2)39-29(35)20-10-6-8-17-7-4-5-9-19(17)20/h4-12,15,26,32H,3,13-14,16H2,1-2H3,(H,31,34). The highest BCUT2D eigenvalue weighted by molar-refractivity contribution is 7.16. The van der Waals surface area contributed by atoms with E-state index >= 15 is 0 Å². The van der Waals surface area contributed by atoms with Gasteiger partial charge in [0.2, 0.25) is 0 Å². The SMILES string of the molecule is CCOC(=O)N1CCc2c(sc3c2C(=O)NC(c2ccc(OC(=O)c4cccc5ccccc45)c(OC)c2)N3)C1. The first-order valence-corrected chi connectivity index (χ1v) is 13.8. The molecule has 0 spiro atoms. The second-order valence-electron chi connectivity index (χ2n) is 9.46. The molecule has 0 saturated carbocycles. The first-order valence-electron chi connectivity index (χ1n) is 13.0. The van der Waals surface area contributed by atoms with Gasteiger partial charge < -0.3 is 29.7 Å². The summed E-state index contributed by atoms with van der Waals surface area (Å²) < 4.78 is 16.4. The molecule has 2 aliphatic rings. The number of hydrogen-bond acceptors (Lipinski definition) is 8. The molecule has 0 saturated heterocycles. The number of anilines is 1. The Bertz CT molecular complexity index is 1640. The molecular weight excluding hydrogens is 530 g/mol. The van der Waals surface area contributed by atoms with Crippen molar-refractivity contribution in [1.82, 2.24) is 10.2 Å². The van der Waals surface area contributed by atoms with Gasteiger partial charge in [0, 0.05) is 11.4 Å². The Labute approximate surface area is 234 Å². The number of ether oxygens (including phenoxy) is 3. The zero-order valence-corrected chi connectivity index (χ0v) is 22.8. The number of amides is 2. The summed E-state index contributed by atoms with van der Waals surface area (Å²) >= 11 is 1.48. The van der Waals surface area contributed by atoms with E-state index in [0.717, 1.165) is 31.8 Å². The molecule has 0 fully saturated rings. The second kappa shape index (κ2) is 10.5. The molecule has 2 amide bonds. The highest BCUT2D eigenvalue weighted by atomic mass is 32.1. The smallest absolute Gasteiger partial charge is 0.410 e. The van der Waals surface area contributed by atoms with Gasteiger partial charge in [-0.1, -0.05) is 42.5 Å². The van der Waals surface area contributed by atoms with Gasteiger partial charge in [0.1, 0.15) is 11.2 Å². The predicted molar refractivity (Wildman–Crippen MR) is 151 cm³/mol. The first-order chi connectivity index (χ1) is 19.5. The van der Waals surface area contributed by atoms with Crippen LogP contribution in [0.1, 0.15) is 49.8 Å². The van der Waals surface area contributed by atoms with Crippen LogP contribution in [-0.2, 0) is 17.7 Å². The minimum absolute atomic E-state index is 0.175. The molecule has 3 aromatic carbocycles. The van der Waals surface area contributed by atoms with Gasteiger partial charge in [-0.2, -0.15) is 0 Å². The summed E-state index contributed by atoms with van der Waals surface area (Å²) in [6.45, 7) is 3.01. The fourth-order valence-electron chi connectivity index (χ4n) is 5.16. The van der Waals surface area contributed by atoms with E-state index in [1.165, 1.54) is 18.4 Å². The normalized spacial score (nSPS) is 15.9. The first kappa shape index (κ1) is 25.7. The number of thiophene rings is 1. The number of nitrogens with zero attached hydrogens (tertiary/aromatic N) is 1. The number of carbonyl (C=O) groups is 3. The summed E-state index contributed by atoms with van der Waals surface area (Å²) in [5, 5.41) is 8.95. The molecule has 1 unspecified atom stereocenters. The fraction of sp³-hybridized carbons (Fsp3) is 0.233. The van der Waals surface area contributed by atoms with Crippen molar-refractivity contribution in [3.05, 3.63) is 87.8 Å². The maximum Gasteiger partial charge on any atom is 0.410 e. The molecule has 0 radical (unpaired) electrons. The molecule has 10 heteroatoms. The van der Waals surface area contributed by atoms with Crippen LogP contribution in [0.2, 0.25) is 0 Å². The molecule has 6 rings (SSSR count). The highest BCUT2D eigenvalue weighted by Gasteiger charge is 2.35. The van der Waals surface area contributed by atoms with Gasteiger partial charge in [0.25, 0.3) is 5.91 Å². The van der Waals surface area contributed by atoms with Crippen molar-refractivity contribution in [1.29, 1.82) is 0 Å². The van der Waals surface area contributed by atoms with E-state index in [4.69, 9.17) is 14.2 Å². The maximum absolute atomic E-state index is 13.2. The van der Waals surface area contributed by atoms with Crippen molar-refractivity contribution in [3.63, 3.8) is 0 Å². The molecule has 3 heterocycles. The molecule has 0 aliphatic carbocycles. The van der Waals surface area contributed by atoms with E-state index in [-0.39, 0.29) is 17.7 Å². The Morgan fingerprint density at radius 2 is 1.88 bits per heavy atom. The zero-order chi connectivity index (χ0) is 27.8. The summed E-state index contributed by atoms with van der Waals surface area (Å²) in [6.07, 6.45) is -0.272. The number of fused-ring (bicyclic) bond motifs is 4. The van der Waals surface area contributed by atoms with Crippen LogP contribution >= 0.6 is 11.3 Å². The van der Waals surface area contributed by atoms with Crippen LogP contribution in [0.4, 0.5) is 9.80 Å². The van der Waals surface area contributed by atoms with Crippen molar-refractivity contribution in [3.8, 4) is 11.5 Å². The molecule has 1 atom stereocenters. The molecular formula is C30H27N3O6S. The Balaban J connectivity index is 1.22. The van der Waals surface area contributed by atoms with Crippen molar-refractivity contribution in [2.24, 2.45) is 0 Å². The molecule has 2 N–H and O–H groups in total. The summed E-state index contributed by atoms with van der Waals surface area (Å²) in [6, 6.07) is 18.3. The lowest BCUT2D eigenvalue weighted by Crippen LogP contribution is -2.39. The number of methoxy groups -OCH3 is 1. The molecule has 1 aromatic heterocycles. The molecule has 2 aliphatic heterocycles. The number of carbonyl (C=O) groups excluding carboxylic acids is 3. The van der Waals surface area contributed by atoms with Gasteiger partial charge in [-0.3, -0.25) is 4.79 Å². The van der Waals surface area contributed by atoms with Gasteiger partial charge in [-0.05, 0) is 53.4 Å². The van der Waals surface area contributed by atoms with E-state index in [1.54, 1.807) is 36.1 Å². The van der Waals surface area contributed by atoms with Gasteiger partial charge >= 0.3 is 12.1 Å². The minimum atomic E-state index is -0.516. The lowest BCUT2D eigenvalue weighted by atomic mass is 10.0. The van der Waals surface area contributed by atoms with Crippen LogP contribution in [-0.4, -0.2) is 43.1 Å². The van der Waals surface area contributed by atoms with Crippen LogP contribution in [0, 0.1) is 0 Å². The van der Waals surface area contributed by atoms with Crippen molar-refractivity contribution >= 4 is 45.1 Å². The topological polar surface area (TPSA) is 106 Å². The van der Waals surface area contributed by atoms with Crippen molar-refractivity contribution in [2.45, 2.75) is 26.1 Å². The van der Waals surface area contributed by atoms with Crippen molar-refractivity contribution in [2.75, 3.05) is 25.6 Å². The van der Waals surface area contributed by atoms with E-state index in [0.29, 0.717) is 43.0 Å². The number of nitrogens with one attached hydrogen (secondary N) is 2. The third-order valence-electron chi connectivity index (χ3n) is 7.09. The zero-order valence-electron chi connectivity index (χ0n) is 22.0. The molecule has 204 valence electrons. The van der Waals surface area contributed by atoms with Crippen LogP contribution < -0.4 is 20.1 Å². The summed E-state index contributed by atoms with van der Waals surface area (Å²) in [7, 11) is 1.50. The molecule has 9 nitrogen and oxygen atoms in total. The summed E-state index contributed by atoms with van der Waals surface area (Å²) in [4.78, 5) is 41.1. The van der Waals surface area contributed by atoms with Crippen molar-refractivity contribution < 1.29 is 28.6 Å².